The van der Waals surface area contributed by atoms with E-state index in [9.17, 15) is 9.59 Å². The number of amidine groups is 1. The van der Waals surface area contributed by atoms with Crippen LogP contribution in [0.25, 0.3) is 0 Å². The Morgan fingerprint density at radius 2 is 1.87 bits per heavy atom. The first-order valence-corrected chi connectivity index (χ1v) is 11.4. The molecule has 0 aromatic carbocycles. The smallest absolute Gasteiger partial charge is 0.270 e. The van der Waals surface area contributed by atoms with Gasteiger partial charge in [0, 0.05) is 31.7 Å². The van der Waals surface area contributed by atoms with E-state index in [2.05, 4.69) is 19.4 Å². The Kier molecular flexibility index (Phi) is 6.03. The number of urea groups is 1. The Balaban J connectivity index is 1.61. The topological polar surface area (TPSA) is 85.0 Å². The van der Waals surface area contributed by atoms with Crippen molar-refractivity contribution in [3.8, 4) is 0 Å². The van der Waals surface area contributed by atoms with Gasteiger partial charge in [-0.25, -0.2) is 19.7 Å². The second-order valence-corrected chi connectivity index (χ2v) is 8.90. The summed E-state index contributed by atoms with van der Waals surface area (Å²) in [5.74, 6) is 1.83. The number of rotatable bonds is 4. The zero-order chi connectivity index (χ0) is 21.3. The first-order chi connectivity index (χ1) is 14.5. The summed E-state index contributed by atoms with van der Waals surface area (Å²) in [7, 11) is 3.23. The lowest BCUT2D eigenvalue weighted by Gasteiger charge is -2.33. The van der Waals surface area contributed by atoms with Crippen LogP contribution in [0.5, 0.6) is 0 Å². The van der Waals surface area contributed by atoms with Gasteiger partial charge in [-0.05, 0) is 25.8 Å². The third kappa shape index (κ3) is 3.92. The number of likely N-dealkylation sites (N-methyl/N-ethyl adjacent to an activating group) is 2. The van der Waals surface area contributed by atoms with Crippen molar-refractivity contribution in [3.05, 3.63) is 18.0 Å². The van der Waals surface area contributed by atoms with Gasteiger partial charge in [0.15, 0.2) is 5.16 Å². The number of hydrogen-bond donors (Lipinski definition) is 0. The molecule has 30 heavy (non-hydrogen) atoms. The predicted molar refractivity (Wildman–Crippen MR) is 115 cm³/mol. The number of aromatic nitrogens is 2. The molecule has 3 aliphatic heterocycles. The predicted octanol–water partition coefficient (Wildman–Crippen LogP) is 1.43. The Hall–Kier alpha value is -2.49. The van der Waals surface area contributed by atoms with Crippen molar-refractivity contribution in [1.82, 2.24) is 24.7 Å². The first kappa shape index (κ1) is 20.8. The summed E-state index contributed by atoms with van der Waals surface area (Å²) in [5, 5.41) is 0.728. The number of carbonyl (C=O) groups is 2. The monoisotopic (exact) mass is 430 g/mol. The lowest BCUT2D eigenvalue weighted by atomic mass is 10.1. The van der Waals surface area contributed by atoms with Crippen molar-refractivity contribution in [3.63, 3.8) is 0 Å². The van der Waals surface area contributed by atoms with Crippen LogP contribution in [0.2, 0.25) is 0 Å². The largest absolute Gasteiger partial charge is 0.392 e. The number of nitrogens with zero attached hydrogens (tertiary/aromatic N) is 7. The minimum atomic E-state index is -0.560. The number of aliphatic imine (C=N–C) groups is 1. The van der Waals surface area contributed by atoms with E-state index < -0.39 is 6.04 Å². The number of guanidine groups is 1. The maximum atomic E-state index is 13.0. The molecule has 1 atom stereocenters. The molecule has 3 aliphatic rings. The van der Waals surface area contributed by atoms with Crippen molar-refractivity contribution < 1.29 is 14.2 Å². The molecule has 9 nitrogen and oxygen atoms in total. The van der Waals surface area contributed by atoms with Crippen LogP contribution in [0.3, 0.4) is 0 Å². The third-order valence-corrected chi connectivity index (χ3v) is 6.58. The summed E-state index contributed by atoms with van der Waals surface area (Å²) in [6, 6.07) is 0.976. The first-order valence-electron chi connectivity index (χ1n) is 10.4. The normalized spacial score (nSPS) is 22.4. The third-order valence-electron chi connectivity index (χ3n) is 5.73. The van der Waals surface area contributed by atoms with E-state index in [0.717, 1.165) is 48.5 Å². The molecule has 2 saturated heterocycles. The van der Waals surface area contributed by atoms with Crippen molar-refractivity contribution >= 4 is 35.5 Å². The fraction of sp³-hybridized carbons (Fsp3) is 0.600. The van der Waals surface area contributed by atoms with Gasteiger partial charge in [-0.15, -0.1) is 0 Å². The summed E-state index contributed by atoms with van der Waals surface area (Å²) in [4.78, 5) is 43.8. The van der Waals surface area contributed by atoms with Crippen LogP contribution < -0.4 is 0 Å². The van der Waals surface area contributed by atoms with Crippen LogP contribution in [-0.4, -0.2) is 98.5 Å². The Bertz CT molecular complexity index is 906. The summed E-state index contributed by atoms with van der Waals surface area (Å²) in [6.07, 6.45) is 6.41. The molecule has 10 heteroatoms. The van der Waals surface area contributed by atoms with E-state index in [4.69, 9.17) is 4.99 Å². The number of imide groups is 1. The molecule has 0 bridgehead atoms. The van der Waals surface area contributed by atoms with Gasteiger partial charge in [-0.1, -0.05) is 29.6 Å². The Morgan fingerprint density at radius 1 is 1.13 bits per heavy atom. The maximum Gasteiger partial charge on any atom is 0.392 e. The van der Waals surface area contributed by atoms with Gasteiger partial charge in [-0.2, -0.15) is 0 Å². The van der Waals surface area contributed by atoms with Gasteiger partial charge in [-0.3, -0.25) is 19.2 Å². The zero-order valence-corrected chi connectivity index (χ0v) is 18.6. The van der Waals surface area contributed by atoms with Gasteiger partial charge in [0.05, 0.1) is 19.6 Å². The lowest BCUT2D eigenvalue weighted by molar-refractivity contribution is -0.531. The summed E-state index contributed by atoms with van der Waals surface area (Å²) < 4.78 is 2.28. The number of thioether (sulfide) groups is 1. The van der Waals surface area contributed by atoms with Crippen molar-refractivity contribution in [2.45, 2.75) is 43.8 Å². The van der Waals surface area contributed by atoms with Crippen LogP contribution in [-0.2, 0) is 4.79 Å². The van der Waals surface area contributed by atoms with Crippen LogP contribution in [0, 0.1) is 6.92 Å². The molecule has 4 rings (SSSR count). The maximum absolute atomic E-state index is 13.0. The summed E-state index contributed by atoms with van der Waals surface area (Å²) in [6.45, 7) is 4.41. The van der Waals surface area contributed by atoms with Crippen molar-refractivity contribution in [1.29, 1.82) is 0 Å². The lowest BCUT2D eigenvalue weighted by Crippen LogP contribution is -2.63. The minimum Gasteiger partial charge on any atom is -0.270 e. The Morgan fingerprint density at radius 3 is 2.57 bits per heavy atom. The fourth-order valence-corrected chi connectivity index (χ4v) is 4.88. The molecule has 0 aliphatic carbocycles. The second kappa shape index (κ2) is 8.71. The van der Waals surface area contributed by atoms with Crippen LogP contribution >= 0.6 is 11.8 Å². The molecule has 0 N–H and O–H groups in total. The molecule has 0 radical (unpaired) electrons. The molecule has 160 valence electrons. The van der Waals surface area contributed by atoms with E-state index >= 15 is 0 Å². The van der Waals surface area contributed by atoms with E-state index in [-0.39, 0.29) is 11.9 Å². The highest BCUT2D eigenvalue weighted by Gasteiger charge is 2.55. The number of carbonyl (C=O) groups excluding carboxylic acids is 2. The highest BCUT2D eigenvalue weighted by Crippen LogP contribution is 2.25. The molecule has 0 saturated carbocycles. The Labute approximate surface area is 180 Å². The second-order valence-electron chi connectivity index (χ2n) is 7.84. The summed E-state index contributed by atoms with van der Waals surface area (Å²) >= 11 is 1.56. The number of aryl methyl sites for hydroxylation is 1. The van der Waals surface area contributed by atoms with E-state index in [0.29, 0.717) is 12.4 Å². The number of fused-ring (bicyclic) bond motifs is 1. The van der Waals surface area contributed by atoms with E-state index in [1.165, 1.54) is 29.7 Å². The van der Waals surface area contributed by atoms with Gasteiger partial charge in [0.1, 0.15) is 0 Å². The van der Waals surface area contributed by atoms with E-state index in [1.807, 2.05) is 13.0 Å². The standard InChI is InChI=1S/C20H28N7O2S/c1-14-8-9-21-18(22-14)30-13-12-27-15-16(24(2)20(29)25(3)17(15)28)23-19(27)26-10-6-4-5-7-11-26/h8-9,15H,4-7,10-13H2,1-3H3/q+1. The minimum absolute atomic E-state index is 0.224. The molecule has 1 unspecified atom stereocenters. The zero-order valence-electron chi connectivity index (χ0n) is 17.7. The SMILES string of the molecule is Cc1ccnc(SCCN2C(=[N+]3CCCCCC3)N=C3C2C(=O)N(C)C(=O)N3C)n1. The summed E-state index contributed by atoms with van der Waals surface area (Å²) in [5.41, 5.74) is 0.931. The van der Waals surface area contributed by atoms with Crippen molar-refractivity contribution in [2.75, 3.05) is 39.5 Å². The highest BCUT2D eigenvalue weighted by molar-refractivity contribution is 7.99. The average molecular weight is 431 g/mol. The molecule has 1 aromatic rings. The molecular formula is C20H28N7O2S+. The average Bonchev–Trinajstić information content (AvgIpc) is 2.91. The van der Waals surface area contributed by atoms with Crippen LogP contribution in [0.15, 0.2) is 22.4 Å². The molecule has 3 amide bonds. The molecule has 4 heterocycles. The molecule has 1 aromatic heterocycles. The molecule has 0 spiro atoms. The van der Waals surface area contributed by atoms with Crippen molar-refractivity contribution in [2.24, 2.45) is 4.99 Å². The van der Waals surface area contributed by atoms with E-state index in [1.54, 1.807) is 25.0 Å². The molecular weight excluding hydrogens is 402 g/mol. The molecule has 2 fully saturated rings. The highest BCUT2D eigenvalue weighted by atomic mass is 32.2. The van der Waals surface area contributed by atoms with Gasteiger partial charge >= 0.3 is 12.0 Å². The fourth-order valence-electron chi connectivity index (χ4n) is 4.07. The number of hydrogen-bond acceptors (Lipinski definition) is 5. The van der Waals surface area contributed by atoms with Crippen LogP contribution in [0.1, 0.15) is 31.4 Å². The number of amides is 3. The van der Waals surface area contributed by atoms with Crippen LogP contribution in [0.4, 0.5) is 4.79 Å². The quantitative estimate of drug-likeness (QED) is 0.408. The van der Waals surface area contributed by atoms with Gasteiger partial charge in [0.25, 0.3) is 5.91 Å². The van der Waals surface area contributed by atoms with Gasteiger partial charge < -0.3 is 0 Å². The van der Waals surface area contributed by atoms with Gasteiger partial charge in [0.2, 0.25) is 11.9 Å².